The number of nitrogens with one attached hydrogen (secondary N) is 2. The molecule has 1 saturated heterocycles. The summed E-state index contributed by atoms with van der Waals surface area (Å²) in [5.74, 6) is 2.78. The molecule has 0 aliphatic carbocycles. The molecule has 1 aliphatic heterocycles. The van der Waals surface area contributed by atoms with Crippen molar-refractivity contribution in [1.82, 2.24) is 25.2 Å². The molecule has 1 aliphatic rings. The van der Waals surface area contributed by atoms with Gasteiger partial charge in [-0.2, -0.15) is 0 Å². The summed E-state index contributed by atoms with van der Waals surface area (Å²) in [5.41, 5.74) is 2.04. The molecule has 1 fully saturated rings. The third kappa shape index (κ3) is 5.81. The van der Waals surface area contributed by atoms with E-state index < -0.39 is 0 Å². The average Bonchev–Trinajstić information content (AvgIpc) is 3.44. The van der Waals surface area contributed by atoms with Crippen LogP contribution in [-0.2, 0) is 6.42 Å². The van der Waals surface area contributed by atoms with Crippen LogP contribution in [0.5, 0.6) is 5.75 Å². The van der Waals surface area contributed by atoms with Crippen molar-refractivity contribution < 1.29 is 4.74 Å². The van der Waals surface area contributed by atoms with E-state index in [0.717, 1.165) is 74.3 Å². The molecule has 2 N–H and O–H groups in total. The lowest BCUT2D eigenvalue weighted by Gasteiger charge is -2.22. The largest absolute Gasteiger partial charge is 0.495 e. The molecule has 2 aromatic heterocycles. The normalized spacial score (nSPS) is 16.1. The van der Waals surface area contributed by atoms with Crippen LogP contribution in [0.3, 0.4) is 0 Å². The fourth-order valence-corrected chi connectivity index (χ4v) is 3.99. The summed E-state index contributed by atoms with van der Waals surface area (Å²) in [4.78, 5) is 7.15. The number of ether oxygens (including phenoxy) is 1. The van der Waals surface area contributed by atoms with E-state index in [1.54, 1.807) is 7.11 Å². The van der Waals surface area contributed by atoms with E-state index in [2.05, 4.69) is 44.8 Å². The summed E-state index contributed by atoms with van der Waals surface area (Å²) in [6, 6.07) is 14.5. The molecule has 0 amide bonds. The first-order valence-corrected chi connectivity index (χ1v) is 11.0. The number of fused-ring (bicyclic) bond motifs is 1. The van der Waals surface area contributed by atoms with Crippen LogP contribution in [0.25, 0.3) is 5.65 Å². The number of aryl methyl sites for hydroxylation is 1. The number of methoxy groups -OCH3 is 1. The number of rotatable bonds is 8. The summed E-state index contributed by atoms with van der Waals surface area (Å²) in [5, 5.41) is 15.5. The van der Waals surface area contributed by atoms with Crippen molar-refractivity contribution in [2.75, 3.05) is 38.2 Å². The van der Waals surface area contributed by atoms with Crippen LogP contribution < -0.4 is 20.3 Å². The van der Waals surface area contributed by atoms with Crippen LogP contribution in [0.2, 0.25) is 0 Å². The molecule has 1 aromatic carbocycles. The second kappa shape index (κ2) is 11.9. The van der Waals surface area contributed by atoms with Crippen molar-refractivity contribution in [2.45, 2.75) is 32.2 Å². The first-order chi connectivity index (χ1) is 15.3. The SMILES string of the molecule is CCNC(=NCCCc1nnc2ccccn12)NC1CCN(c2ccccc2OC)C1.I. The third-order valence-corrected chi connectivity index (χ3v) is 5.51. The zero-order valence-electron chi connectivity index (χ0n) is 18.7. The first kappa shape index (κ1) is 24.1. The van der Waals surface area contributed by atoms with E-state index in [-0.39, 0.29) is 24.0 Å². The number of para-hydroxylation sites is 2. The van der Waals surface area contributed by atoms with Crippen LogP contribution in [0, 0.1) is 0 Å². The number of benzene rings is 1. The highest BCUT2D eigenvalue weighted by Gasteiger charge is 2.25. The highest BCUT2D eigenvalue weighted by atomic mass is 127. The molecule has 1 atom stereocenters. The maximum absolute atomic E-state index is 5.53. The Balaban J connectivity index is 0.00000289. The number of hydrogen-bond acceptors (Lipinski definition) is 5. The Morgan fingerprint density at radius 3 is 2.88 bits per heavy atom. The number of nitrogens with zero attached hydrogens (tertiary/aromatic N) is 5. The second-order valence-corrected chi connectivity index (χ2v) is 7.66. The summed E-state index contributed by atoms with van der Waals surface area (Å²) >= 11 is 0. The van der Waals surface area contributed by atoms with Crippen molar-refractivity contribution in [2.24, 2.45) is 4.99 Å². The van der Waals surface area contributed by atoms with Gasteiger partial charge < -0.3 is 20.3 Å². The molecule has 0 saturated carbocycles. The van der Waals surface area contributed by atoms with Gasteiger partial charge in [0.1, 0.15) is 11.6 Å². The summed E-state index contributed by atoms with van der Waals surface area (Å²) in [6.45, 7) is 5.59. The van der Waals surface area contributed by atoms with Crippen LogP contribution in [0.1, 0.15) is 25.6 Å². The van der Waals surface area contributed by atoms with Crippen LogP contribution in [0.15, 0.2) is 53.7 Å². The molecular formula is C23H32IN7O. The number of guanidine groups is 1. The molecule has 0 bridgehead atoms. The van der Waals surface area contributed by atoms with E-state index in [9.17, 15) is 0 Å². The topological polar surface area (TPSA) is 79.1 Å². The maximum Gasteiger partial charge on any atom is 0.191 e. The number of anilines is 1. The maximum atomic E-state index is 5.53. The molecule has 9 heteroatoms. The van der Waals surface area contributed by atoms with Gasteiger partial charge >= 0.3 is 0 Å². The smallest absolute Gasteiger partial charge is 0.191 e. The van der Waals surface area contributed by atoms with Gasteiger partial charge in [-0.05, 0) is 44.0 Å². The Morgan fingerprint density at radius 2 is 2.03 bits per heavy atom. The van der Waals surface area contributed by atoms with Gasteiger partial charge in [0.05, 0.1) is 12.8 Å². The second-order valence-electron chi connectivity index (χ2n) is 7.66. The van der Waals surface area contributed by atoms with Crippen molar-refractivity contribution >= 4 is 41.3 Å². The van der Waals surface area contributed by atoms with Gasteiger partial charge in [0, 0.05) is 44.8 Å². The molecule has 4 rings (SSSR count). The van der Waals surface area contributed by atoms with E-state index >= 15 is 0 Å². The summed E-state index contributed by atoms with van der Waals surface area (Å²) in [6.07, 6.45) is 4.84. The number of hydrogen-bond donors (Lipinski definition) is 2. The predicted octanol–water partition coefficient (Wildman–Crippen LogP) is 3.12. The lowest BCUT2D eigenvalue weighted by atomic mass is 10.2. The van der Waals surface area contributed by atoms with Crippen molar-refractivity contribution in [3.8, 4) is 5.75 Å². The molecule has 8 nitrogen and oxygen atoms in total. The highest BCUT2D eigenvalue weighted by Crippen LogP contribution is 2.30. The lowest BCUT2D eigenvalue weighted by molar-refractivity contribution is 0.415. The van der Waals surface area contributed by atoms with Gasteiger partial charge in [-0.3, -0.25) is 9.39 Å². The van der Waals surface area contributed by atoms with E-state index in [1.807, 2.05) is 40.9 Å². The molecule has 1 unspecified atom stereocenters. The highest BCUT2D eigenvalue weighted by molar-refractivity contribution is 14.0. The summed E-state index contributed by atoms with van der Waals surface area (Å²) in [7, 11) is 1.73. The van der Waals surface area contributed by atoms with Crippen molar-refractivity contribution in [1.29, 1.82) is 0 Å². The van der Waals surface area contributed by atoms with E-state index in [4.69, 9.17) is 9.73 Å². The monoisotopic (exact) mass is 549 g/mol. The van der Waals surface area contributed by atoms with Gasteiger partial charge in [-0.15, -0.1) is 34.2 Å². The van der Waals surface area contributed by atoms with Gasteiger partial charge in [0.15, 0.2) is 11.6 Å². The van der Waals surface area contributed by atoms with Crippen LogP contribution in [-0.4, -0.2) is 59.9 Å². The number of aromatic nitrogens is 3. The Hall–Kier alpha value is -2.56. The number of aliphatic imine (C=N–C) groups is 1. The van der Waals surface area contributed by atoms with E-state index in [1.165, 1.54) is 0 Å². The minimum absolute atomic E-state index is 0. The fourth-order valence-electron chi connectivity index (χ4n) is 3.99. The Bertz CT molecular complexity index is 1020. The molecule has 32 heavy (non-hydrogen) atoms. The van der Waals surface area contributed by atoms with Crippen molar-refractivity contribution in [3.63, 3.8) is 0 Å². The van der Waals surface area contributed by atoms with Gasteiger partial charge in [-0.25, -0.2) is 0 Å². The fraction of sp³-hybridized carbons (Fsp3) is 0.435. The minimum atomic E-state index is 0. The average molecular weight is 549 g/mol. The van der Waals surface area contributed by atoms with Crippen LogP contribution >= 0.6 is 24.0 Å². The lowest BCUT2D eigenvalue weighted by Crippen LogP contribution is -2.44. The van der Waals surface area contributed by atoms with Gasteiger partial charge in [0.25, 0.3) is 0 Å². The van der Waals surface area contributed by atoms with Crippen molar-refractivity contribution in [3.05, 3.63) is 54.5 Å². The Morgan fingerprint density at radius 1 is 1.19 bits per heavy atom. The Labute approximate surface area is 206 Å². The van der Waals surface area contributed by atoms with E-state index in [0.29, 0.717) is 6.04 Å². The molecule has 3 aromatic rings. The molecule has 0 radical (unpaired) electrons. The Kier molecular flexibility index (Phi) is 8.95. The zero-order chi connectivity index (χ0) is 21.5. The molecular weight excluding hydrogens is 517 g/mol. The molecule has 172 valence electrons. The molecule has 3 heterocycles. The van der Waals surface area contributed by atoms with Crippen LogP contribution in [0.4, 0.5) is 5.69 Å². The predicted molar refractivity (Wildman–Crippen MR) is 139 cm³/mol. The van der Waals surface area contributed by atoms with Gasteiger partial charge in [-0.1, -0.05) is 18.2 Å². The number of pyridine rings is 1. The standard InChI is InChI=1S/C23H31N7O.HI/c1-3-24-23(25-14-8-12-22-28-27-21-11-6-7-15-30(21)22)26-18-13-16-29(17-18)19-9-4-5-10-20(19)31-2;/h4-7,9-11,15,18H,3,8,12-14,16-17H2,1-2H3,(H2,24,25,26);1H. The van der Waals surface area contributed by atoms with Gasteiger partial charge in [0.2, 0.25) is 0 Å². The quantitative estimate of drug-likeness (QED) is 0.195. The zero-order valence-corrected chi connectivity index (χ0v) is 21.0. The minimum Gasteiger partial charge on any atom is -0.495 e. The third-order valence-electron chi connectivity index (χ3n) is 5.51. The summed E-state index contributed by atoms with van der Waals surface area (Å²) < 4.78 is 7.57. The molecule has 0 spiro atoms. The first-order valence-electron chi connectivity index (χ1n) is 11.0. The number of halogens is 1.